The van der Waals surface area contributed by atoms with Crippen LogP contribution in [-0.2, 0) is 15.6 Å². The number of nitrogens with zero attached hydrogens (tertiary/aromatic N) is 1. The van der Waals surface area contributed by atoms with Crippen LogP contribution in [0.15, 0.2) is 42.5 Å². The van der Waals surface area contributed by atoms with Gasteiger partial charge in [0.05, 0.1) is 13.2 Å². The molecule has 1 aliphatic rings. The summed E-state index contributed by atoms with van der Waals surface area (Å²) in [5, 5.41) is 8.73. The lowest BCUT2D eigenvalue weighted by Gasteiger charge is -2.28. The summed E-state index contributed by atoms with van der Waals surface area (Å²) in [4.78, 5) is 0. The summed E-state index contributed by atoms with van der Waals surface area (Å²) in [7, 11) is 0. The first-order chi connectivity index (χ1) is 17.0. The molecule has 1 heterocycles. The summed E-state index contributed by atoms with van der Waals surface area (Å²) in [6.45, 7) is 2.32. The summed E-state index contributed by atoms with van der Waals surface area (Å²) < 4.78 is 116. The molecule has 0 spiro atoms. The predicted molar refractivity (Wildman–Crippen MR) is 111 cm³/mol. The van der Waals surface area contributed by atoms with Crippen LogP contribution >= 0.6 is 0 Å². The number of benzene rings is 3. The fraction of sp³-hybridized carbons (Fsp3) is 0.240. The maximum atomic E-state index is 14.7. The van der Waals surface area contributed by atoms with Crippen LogP contribution in [0.1, 0.15) is 29.9 Å². The minimum absolute atomic E-state index is 0.0506. The molecule has 0 radical (unpaired) electrons. The second kappa shape index (κ2) is 9.79. The molecule has 36 heavy (non-hydrogen) atoms. The van der Waals surface area contributed by atoms with Crippen molar-refractivity contribution in [3.63, 3.8) is 0 Å². The molecule has 188 valence electrons. The van der Waals surface area contributed by atoms with Crippen LogP contribution in [0.25, 0.3) is 11.1 Å². The third-order valence-electron chi connectivity index (χ3n) is 5.34. The number of ether oxygens (including phenoxy) is 3. The van der Waals surface area contributed by atoms with E-state index in [4.69, 9.17) is 14.7 Å². The van der Waals surface area contributed by atoms with Crippen LogP contribution in [0.3, 0.4) is 0 Å². The highest BCUT2D eigenvalue weighted by atomic mass is 19.3. The molecule has 0 N–H and O–H groups in total. The van der Waals surface area contributed by atoms with E-state index in [2.05, 4.69) is 4.74 Å². The average molecular weight is 511 g/mol. The van der Waals surface area contributed by atoms with E-state index in [0.717, 1.165) is 12.1 Å². The molecule has 1 aliphatic heterocycles. The van der Waals surface area contributed by atoms with Crippen LogP contribution in [0.2, 0.25) is 0 Å². The van der Waals surface area contributed by atoms with Crippen molar-refractivity contribution in [3.8, 4) is 22.9 Å². The number of halogens is 7. The molecule has 0 saturated carbocycles. The van der Waals surface area contributed by atoms with Gasteiger partial charge >= 0.3 is 6.11 Å². The van der Waals surface area contributed by atoms with Crippen LogP contribution in [0, 0.1) is 46.3 Å². The molecule has 0 atom stereocenters. The van der Waals surface area contributed by atoms with Crippen LogP contribution in [0.5, 0.6) is 5.75 Å². The maximum Gasteiger partial charge on any atom is 0.432 e. The molecule has 3 aromatic rings. The third-order valence-corrected chi connectivity index (χ3v) is 5.34. The summed E-state index contributed by atoms with van der Waals surface area (Å²) >= 11 is 0. The van der Waals surface area contributed by atoms with E-state index in [-0.39, 0.29) is 30.3 Å². The van der Waals surface area contributed by atoms with Gasteiger partial charge in [-0.1, -0.05) is 6.92 Å². The Morgan fingerprint density at radius 3 is 1.97 bits per heavy atom. The van der Waals surface area contributed by atoms with Crippen molar-refractivity contribution in [2.45, 2.75) is 19.3 Å². The van der Waals surface area contributed by atoms with Crippen molar-refractivity contribution in [1.82, 2.24) is 0 Å². The number of rotatable bonds is 5. The largest absolute Gasteiger partial charge is 0.432 e. The van der Waals surface area contributed by atoms with Crippen LogP contribution in [-0.4, -0.2) is 13.2 Å². The van der Waals surface area contributed by atoms with E-state index >= 15 is 0 Å². The molecular formula is C25H16F7NO3. The molecule has 0 bridgehead atoms. The summed E-state index contributed by atoms with van der Waals surface area (Å²) in [6.07, 6.45) is -5.69. The normalized spacial score (nSPS) is 18.1. The van der Waals surface area contributed by atoms with Crippen molar-refractivity contribution >= 4 is 0 Å². The molecule has 1 fully saturated rings. The summed E-state index contributed by atoms with van der Waals surface area (Å²) in [5.74, 6) is -7.74. The smallest absolute Gasteiger partial charge is 0.429 e. The van der Waals surface area contributed by atoms with Crippen molar-refractivity contribution in [2.75, 3.05) is 13.2 Å². The molecular weight excluding hydrogens is 495 g/mol. The standard InChI is InChI=1S/C25H16F7NO3/c1-12-10-34-24(35-11-12)14-6-21(29)23(22(30)7-14)25(31,32)36-15-2-3-16(20(28)8-15)13-4-18(26)17(9-33)19(27)5-13/h2-8,12,24H,10-11H2,1H3. The van der Waals surface area contributed by atoms with Gasteiger partial charge in [0.15, 0.2) is 6.29 Å². The topological polar surface area (TPSA) is 51.5 Å². The molecule has 0 aliphatic carbocycles. The van der Waals surface area contributed by atoms with Gasteiger partial charge in [0, 0.05) is 23.1 Å². The Bertz CT molecular complexity index is 1300. The minimum atomic E-state index is -4.56. The molecule has 4 nitrogen and oxygen atoms in total. The Morgan fingerprint density at radius 1 is 0.861 bits per heavy atom. The second-order valence-corrected chi connectivity index (χ2v) is 8.15. The lowest BCUT2D eigenvalue weighted by atomic mass is 10.0. The first-order valence-electron chi connectivity index (χ1n) is 10.5. The fourth-order valence-electron chi connectivity index (χ4n) is 3.63. The van der Waals surface area contributed by atoms with Gasteiger partial charge in [-0.25, -0.2) is 22.0 Å². The van der Waals surface area contributed by atoms with Crippen LogP contribution in [0.4, 0.5) is 30.7 Å². The minimum Gasteiger partial charge on any atom is -0.429 e. The fourth-order valence-corrected chi connectivity index (χ4v) is 3.63. The Balaban J connectivity index is 1.59. The SMILES string of the molecule is CC1COC(c2cc(F)c(C(F)(F)Oc3ccc(-c4cc(F)c(C#N)c(F)c4)c(F)c3)c(F)c2)OC1. The summed E-state index contributed by atoms with van der Waals surface area (Å²) in [6, 6.07) is 6.15. The van der Waals surface area contributed by atoms with Gasteiger partial charge in [-0.3, -0.25) is 0 Å². The summed E-state index contributed by atoms with van der Waals surface area (Å²) in [5.41, 5.74) is -3.43. The Labute approximate surface area is 200 Å². The van der Waals surface area contributed by atoms with Gasteiger partial charge in [-0.15, -0.1) is 0 Å². The molecule has 4 rings (SSSR count). The lowest BCUT2D eigenvalue weighted by Crippen LogP contribution is -2.27. The molecule has 0 amide bonds. The van der Waals surface area contributed by atoms with E-state index < -0.39 is 63.9 Å². The van der Waals surface area contributed by atoms with Gasteiger partial charge in [0.25, 0.3) is 0 Å². The predicted octanol–water partition coefficient (Wildman–Crippen LogP) is 6.73. The van der Waals surface area contributed by atoms with Gasteiger partial charge < -0.3 is 14.2 Å². The quantitative estimate of drug-likeness (QED) is 0.357. The van der Waals surface area contributed by atoms with Crippen molar-refractivity contribution in [1.29, 1.82) is 5.26 Å². The number of hydrogen-bond donors (Lipinski definition) is 0. The molecule has 11 heteroatoms. The van der Waals surface area contributed by atoms with E-state index in [1.165, 1.54) is 6.07 Å². The number of hydrogen-bond acceptors (Lipinski definition) is 4. The zero-order chi connectivity index (χ0) is 26.2. The Morgan fingerprint density at radius 2 is 1.44 bits per heavy atom. The Kier molecular flexibility index (Phi) is 6.93. The van der Waals surface area contributed by atoms with E-state index in [9.17, 15) is 30.7 Å². The first-order valence-corrected chi connectivity index (χ1v) is 10.5. The van der Waals surface area contributed by atoms with Gasteiger partial charge in [0.2, 0.25) is 0 Å². The third kappa shape index (κ3) is 5.01. The molecule has 0 unspecified atom stereocenters. The maximum absolute atomic E-state index is 14.7. The number of nitriles is 1. The van der Waals surface area contributed by atoms with Gasteiger partial charge in [0.1, 0.15) is 52.0 Å². The zero-order valence-corrected chi connectivity index (χ0v) is 18.4. The van der Waals surface area contributed by atoms with Gasteiger partial charge in [-0.2, -0.15) is 14.0 Å². The van der Waals surface area contributed by atoms with Crippen LogP contribution < -0.4 is 4.74 Å². The van der Waals surface area contributed by atoms with Crippen molar-refractivity contribution in [3.05, 3.63) is 88.2 Å². The second-order valence-electron chi connectivity index (χ2n) is 8.15. The number of alkyl halides is 2. The lowest BCUT2D eigenvalue weighted by molar-refractivity contribution is -0.203. The van der Waals surface area contributed by atoms with E-state index in [1.54, 1.807) is 0 Å². The molecule has 1 saturated heterocycles. The first kappa shape index (κ1) is 25.5. The monoisotopic (exact) mass is 511 g/mol. The van der Waals surface area contributed by atoms with E-state index in [0.29, 0.717) is 30.3 Å². The highest BCUT2D eigenvalue weighted by molar-refractivity contribution is 5.66. The Hall–Kier alpha value is -3.62. The van der Waals surface area contributed by atoms with Crippen molar-refractivity contribution < 1.29 is 44.9 Å². The average Bonchev–Trinajstić information content (AvgIpc) is 2.78. The van der Waals surface area contributed by atoms with E-state index in [1.807, 2.05) is 6.92 Å². The van der Waals surface area contributed by atoms with Crippen molar-refractivity contribution in [2.24, 2.45) is 5.92 Å². The molecule has 0 aromatic heterocycles. The molecule has 3 aromatic carbocycles. The van der Waals surface area contributed by atoms with Gasteiger partial charge in [-0.05, 0) is 42.0 Å². The highest BCUT2D eigenvalue weighted by Crippen LogP contribution is 2.38. The zero-order valence-electron chi connectivity index (χ0n) is 18.4. The highest BCUT2D eigenvalue weighted by Gasteiger charge is 2.42.